The molecule has 1 aromatic rings. The van der Waals surface area contributed by atoms with Crippen LogP contribution < -0.4 is 16.0 Å². The maximum absolute atomic E-state index is 11.5. The van der Waals surface area contributed by atoms with Gasteiger partial charge in [0.25, 0.3) is 0 Å². The lowest BCUT2D eigenvalue weighted by Crippen LogP contribution is -2.43. The predicted octanol–water partition coefficient (Wildman–Crippen LogP) is 2.18. The molecule has 1 rings (SSSR count). The summed E-state index contributed by atoms with van der Waals surface area (Å²) >= 11 is 2.18. The number of urea groups is 1. The maximum atomic E-state index is 11.5. The van der Waals surface area contributed by atoms with Crippen LogP contribution in [-0.4, -0.2) is 25.0 Å². The molecule has 3 N–H and O–H groups in total. The topological polar surface area (TPSA) is 70.2 Å². The molecule has 0 atom stereocenters. The minimum Gasteiger partial charge on any atom is -0.375 e. The second-order valence-electron chi connectivity index (χ2n) is 4.49. The second-order valence-corrected chi connectivity index (χ2v) is 5.65. The fourth-order valence-corrected chi connectivity index (χ4v) is 1.87. The van der Waals surface area contributed by atoms with Crippen LogP contribution in [0.15, 0.2) is 24.3 Å². The van der Waals surface area contributed by atoms with Gasteiger partial charge in [-0.05, 0) is 40.6 Å². The Balaban J connectivity index is 2.32. The second kappa shape index (κ2) is 7.98. The Morgan fingerprint density at radius 1 is 1.26 bits per heavy atom. The first kappa shape index (κ1) is 15.7. The van der Waals surface area contributed by atoms with Crippen molar-refractivity contribution in [3.8, 4) is 0 Å². The number of imide groups is 1. The van der Waals surface area contributed by atoms with E-state index in [0.717, 1.165) is 9.26 Å². The Labute approximate surface area is 126 Å². The van der Waals surface area contributed by atoms with E-state index in [0.29, 0.717) is 12.5 Å². The molecule has 0 aliphatic rings. The number of hydrogen-bond acceptors (Lipinski definition) is 3. The van der Waals surface area contributed by atoms with Gasteiger partial charge in [-0.3, -0.25) is 10.1 Å². The molecule has 0 bridgehead atoms. The Morgan fingerprint density at radius 3 is 2.58 bits per heavy atom. The summed E-state index contributed by atoms with van der Waals surface area (Å²) in [7, 11) is 0. The van der Waals surface area contributed by atoms with Gasteiger partial charge in [0.1, 0.15) is 0 Å². The molecule has 0 unspecified atom stereocenters. The Morgan fingerprint density at radius 2 is 1.95 bits per heavy atom. The number of carbonyl (C=O) groups excluding carboxylic acids is 2. The van der Waals surface area contributed by atoms with Crippen molar-refractivity contribution < 1.29 is 9.59 Å². The average molecular weight is 375 g/mol. The zero-order chi connectivity index (χ0) is 14.3. The minimum atomic E-state index is -0.455. The molecular weight excluding hydrogens is 357 g/mol. The number of halogens is 1. The molecule has 6 heteroatoms. The van der Waals surface area contributed by atoms with Crippen molar-refractivity contribution in [2.24, 2.45) is 5.92 Å². The van der Waals surface area contributed by atoms with Crippen LogP contribution in [0.3, 0.4) is 0 Å². The lowest BCUT2D eigenvalue weighted by atomic mass is 10.2. The van der Waals surface area contributed by atoms with Crippen molar-refractivity contribution in [3.63, 3.8) is 0 Å². The van der Waals surface area contributed by atoms with Gasteiger partial charge in [-0.2, -0.15) is 0 Å². The molecule has 5 nitrogen and oxygen atoms in total. The van der Waals surface area contributed by atoms with E-state index in [2.05, 4.69) is 38.5 Å². The van der Waals surface area contributed by atoms with E-state index in [-0.39, 0.29) is 12.5 Å². The molecule has 0 aliphatic heterocycles. The number of nitrogens with one attached hydrogen (secondary N) is 3. The molecule has 0 aromatic heterocycles. The van der Waals surface area contributed by atoms with Gasteiger partial charge in [0.05, 0.1) is 6.54 Å². The smallest absolute Gasteiger partial charge is 0.321 e. The summed E-state index contributed by atoms with van der Waals surface area (Å²) in [6, 6.07) is 7.18. The van der Waals surface area contributed by atoms with Gasteiger partial charge in [0.2, 0.25) is 5.91 Å². The summed E-state index contributed by atoms with van der Waals surface area (Å²) in [4.78, 5) is 22.9. The minimum absolute atomic E-state index is 0.0646. The monoisotopic (exact) mass is 375 g/mol. The van der Waals surface area contributed by atoms with Crippen LogP contribution in [0.1, 0.15) is 13.8 Å². The van der Waals surface area contributed by atoms with Crippen LogP contribution in [0.2, 0.25) is 0 Å². The van der Waals surface area contributed by atoms with E-state index in [1.54, 1.807) is 0 Å². The van der Waals surface area contributed by atoms with E-state index in [1.807, 2.05) is 38.1 Å². The molecule has 0 saturated carbocycles. The highest BCUT2D eigenvalue weighted by atomic mass is 127. The quantitative estimate of drug-likeness (QED) is 0.691. The number of amides is 3. The molecule has 0 radical (unpaired) electrons. The van der Waals surface area contributed by atoms with Gasteiger partial charge in [-0.25, -0.2) is 4.79 Å². The molecular formula is C13H18IN3O2. The van der Waals surface area contributed by atoms with E-state index in [1.165, 1.54) is 0 Å². The van der Waals surface area contributed by atoms with Crippen molar-refractivity contribution >= 4 is 40.2 Å². The molecule has 0 spiro atoms. The van der Waals surface area contributed by atoms with E-state index in [4.69, 9.17) is 0 Å². The highest BCUT2D eigenvalue weighted by Crippen LogP contribution is 2.16. The van der Waals surface area contributed by atoms with Gasteiger partial charge in [0.15, 0.2) is 0 Å². The van der Waals surface area contributed by atoms with Crippen LogP contribution >= 0.6 is 22.6 Å². The third kappa shape index (κ3) is 6.42. The molecule has 0 fully saturated rings. The summed E-state index contributed by atoms with van der Waals surface area (Å²) in [5, 5.41) is 7.88. The average Bonchev–Trinajstić information content (AvgIpc) is 2.35. The van der Waals surface area contributed by atoms with Gasteiger partial charge in [-0.1, -0.05) is 26.0 Å². The van der Waals surface area contributed by atoms with E-state index < -0.39 is 6.03 Å². The summed E-state index contributed by atoms with van der Waals surface area (Å²) in [6.07, 6.45) is 0. The number of carbonyl (C=O) groups is 2. The molecule has 1 aromatic carbocycles. The molecule has 0 heterocycles. The first-order valence-electron chi connectivity index (χ1n) is 6.05. The zero-order valence-corrected chi connectivity index (χ0v) is 13.2. The van der Waals surface area contributed by atoms with Crippen LogP contribution in [0.25, 0.3) is 0 Å². The zero-order valence-electron chi connectivity index (χ0n) is 11.0. The highest BCUT2D eigenvalue weighted by Gasteiger charge is 2.08. The summed E-state index contributed by atoms with van der Waals surface area (Å²) in [6.45, 7) is 4.58. The number of anilines is 1. The summed E-state index contributed by atoms with van der Waals surface area (Å²) in [5.74, 6) is -0.00853. The summed E-state index contributed by atoms with van der Waals surface area (Å²) < 4.78 is 1.03. The maximum Gasteiger partial charge on any atom is 0.321 e. The van der Waals surface area contributed by atoms with Crippen molar-refractivity contribution in [2.45, 2.75) is 13.8 Å². The van der Waals surface area contributed by atoms with Crippen LogP contribution in [-0.2, 0) is 4.79 Å². The molecule has 3 amide bonds. The predicted molar refractivity (Wildman–Crippen MR) is 84.0 cm³/mol. The third-order valence-corrected chi connectivity index (χ3v) is 3.18. The Hall–Kier alpha value is -1.31. The van der Waals surface area contributed by atoms with Crippen molar-refractivity contribution in [2.75, 3.05) is 18.4 Å². The summed E-state index contributed by atoms with van der Waals surface area (Å²) in [5.41, 5.74) is 0.876. The van der Waals surface area contributed by atoms with Crippen molar-refractivity contribution in [1.29, 1.82) is 0 Å². The highest BCUT2D eigenvalue weighted by molar-refractivity contribution is 14.1. The number of rotatable bonds is 5. The van der Waals surface area contributed by atoms with E-state index in [9.17, 15) is 9.59 Å². The van der Waals surface area contributed by atoms with Crippen LogP contribution in [0, 0.1) is 9.49 Å². The first-order chi connectivity index (χ1) is 8.99. The molecule has 104 valence electrons. The molecule has 19 heavy (non-hydrogen) atoms. The number of benzene rings is 1. The van der Waals surface area contributed by atoms with Gasteiger partial charge < -0.3 is 10.6 Å². The normalized spacial score (nSPS) is 10.1. The largest absolute Gasteiger partial charge is 0.375 e. The fraction of sp³-hybridized carbons (Fsp3) is 0.385. The SMILES string of the molecule is CC(C)CNC(=O)NC(=O)CNc1ccccc1I. The fourth-order valence-electron chi connectivity index (χ4n) is 1.29. The first-order valence-corrected chi connectivity index (χ1v) is 7.13. The Kier molecular flexibility index (Phi) is 6.61. The molecule has 0 saturated heterocycles. The third-order valence-electron chi connectivity index (χ3n) is 2.24. The standard InChI is InChI=1S/C13H18IN3O2/c1-9(2)7-16-13(19)17-12(18)8-15-11-6-4-3-5-10(11)14/h3-6,9,15H,7-8H2,1-2H3,(H2,16,17,18,19). The van der Waals surface area contributed by atoms with Gasteiger partial charge >= 0.3 is 6.03 Å². The van der Waals surface area contributed by atoms with Crippen molar-refractivity contribution in [3.05, 3.63) is 27.8 Å². The van der Waals surface area contributed by atoms with E-state index >= 15 is 0 Å². The molecule has 0 aliphatic carbocycles. The Bertz CT molecular complexity index is 449. The van der Waals surface area contributed by atoms with Crippen LogP contribution in [0.4, 0.5) is 10.5 Å². The number of para-hydroxylation sites is 1. The van der Waals surface area contributed by atoms with Crippen molar-refractivity contribution in [1.82, 2.24) is 10.6 Å². The lowest BCUT2D eigenvalue weighted by Gasteiger charge is -2.10. The van der Waals surface area contributed by atoms with Crippen LogP contribution in [0.5, 0.6) is 0 Å². The number of hydrogen-bond donors (Lipinski definition) is 3. The lowest BCUT2D eigenvalue weighted by molar-refractivity contribution is -0.118. The van der Waals surface area contributed by atoms with Gasteiger partial charge in [-0.15, -0.1) is 0 Å². The van der Waals surface area contributed by atoms with Gasteiger partial charge in [0, 0.05) is 15.8 Å².